The Hall–Kier alpha value is -2.37. The summed E-state index contributed by atoms with van der Waals surface area (Å²) in [5, 5.41) is 12.0. The van der Waals surface area contributed by atoms with Crippen molar-refractivity contribution < 1.29 is 19.4 Å². The zero-order valence-corrected chi connectivity index (χ0v) is 13.0. The van der Waals surface area contributed by atoms with Crippen LogP contribution in [0.15, 0.2) is 31.0 Å². The number of amides is 1. The van der Waals surface area contributed by atoms with Crippen molar-refractivity contribution in [1.82, 2.24) is 10.3 Å². The molecule has 0 fully saturated rings. The number of carbonyl (C=O) groups is 2. The van der Waals surface area contributed by atoms with Gasteiger partial charge in [-0.2, -0.15) is 0 Å². The van der Waals surface area contributed by atoms with E-state index in [2.05, 4.69) is 16.9 Å². The zero-order chi connectivity index (χ0) is 16.6. The molecule has 1 aromatic rings. The first-order chi connectivity index (χ1) is 10.5. The lowest BCUT2D eigenvalue weighted by atomic mass is 9.82. The smallest absolute Gasteiger partial charge is 0.311 e. The third-order valence-electron chi connectivity index (χ3n) is 3.74. The van der Waals surface area contributed by atoms with E-state index in [0.717, 1.165) is 0 Å². The molecule has 0 aliphatic rings. The molecule has 0 spiro atoms. The van der Waals surface area contributed by atoms with Crippen molar-refractivity contribution in [3.63, 3.8) is 0 Å². The minimum Gasteiger partial charge on any atom is -0.487 e. The monoisotopic (exact) mass is 306 g/mol. The van der Waals surface area contributed by atoms with Gasteiger partial charge in [0.2, 0.25) is 0 Å². The van der Waals surface area contributed by atoms with Crippen molar-refractivity contribution in [1.29, 1.82) is 0 Å². The van der Waals surface area contributed by atoms with Gasteiger partial charge >= 0.3 is 5.97 Å². The summed E-state index contributed by atoms with van der Waals surface area (Å²) in [5.74, 6) is -1.03. The topological polar surface area (TPSA) is 88.5 Å². The lowest BCUT2D eigenvalue weighted by Crippen LogP contribution is -2.42. The summed E-state index contributed by atoms with van der Waals surface area (Å²) in [5.41, 5.74) is -0.831. The standard InChI is InChI=1S/C16H22N2O4/c1-4-10-22-12-8-7-9-17-13(12)14(19)18-11-16(5-2,6-3)15(20)21/h4,7-9H,1,5-6,10-11H2,2-3H3,(H,18,19)(H,20,21). The number of nitrogens with zero attached hydrogens (tertiary/aromatic N) is 1. The number of rotatable bonds is 9. The molecule has 0 saturated heterocycles. The van der Waals surface area contributed by atoms with Crippen molar-refractivity contribution in [2.45, 2.75) is 26.7 Å². The number of ether oxygens (including phenoxy) is 1. The van der Waals surface area contributed by atoms with Gasteiger partial charge in [0.05, 0.1) is 5.41 Å². The molecule has 0 aromatic carbocycles. The van der Waals surface area contributed by atoms with E-state index < -0.39 is 17.3 Å². The molecule has 1 heterocycles. The van der Waals surface area contributed by atoms with E-state index in [-0.39, 0.29) is 18.8 Å². The maximum atomic E-state index is 12.3. The number of hydrogen-bond acceptors (Lipinski definition) is 4. The van der Waals surface area contributed by atoms with Crippen LogP contribution in [-0.2, 0) is 4.79 Å². The molecule has 6 nitrogen and oxygen atoms in total. The molecule has 6 heteroatoms. The lowest BCUT2D eigenvalue weighted by molar-refractivity contribution is -0.149. The fraction of sp³-hybridized carbons (Fsp3) is 0.438. The number of carboxylic acid groups (broad SMARTS) is 1. The van der Waals surface area contributed by atoms with Gasteiger partial charge in [-0.05, 0) is 25.0 Å². The number of pyridine rings is 1. The van der Waals surface area contributed by atoms with E-state index in [0.29, 0.717) is 18.6 Å². The van der Waals surface area contributed by atoms with E-state index in [1.54, 1.807) is 32.1 Å². The largest absolute Gasteiger partial charge is 0.487 e. The molecule has 0 unspecified atom stereocenters. The van der Waals surface area contributed by atoms with Gasteiger partial charge < -0.3 is 15.2 Å². The van der Waals surface area contributed by atoms with E-state index in [1.165, 1.54) is 6.20 Å². The maximum Gasteiger partial charge on any atom is 0.311 e. The Morgan fingerprint density at radius 2 is 2.14 bits per heavy atom. The van der Waals surface area contributed by atoms with E-state index in [4.69, 9.17) is 4.74 Å². The highest BCUT2D eigenvalue weighted by molar-refractivity contribution is 5.95. The van der Waals surface area contributed by atoms with Gasteiger partial charge in [-0.3, -0.25) is 9.59 Å². The Kier molecular flexibility index (Phi) is 6.56. The number of hydrogen-bond donors (Lipinski definition) is 2. The maximum absolute atomic E-state index is 12.3. The van der Waals surface area contributed by atoms with Crippen LogP contribution in [0.1, 0.15) is 37.2 Å². The number of carbonyl (C=O) groups excluding carboxylic acids is 1. The summed E-state index contributed by atoms with van der Waals surface area (Å²) in [6, 6.07) is 3.30. The Bertz CT molecular complexity index is 539. The van der Waals surface area contributed by atoms with Crippen LogP contribution in [0.3, 0.4) is 0 Å². The molecule has 0 saturated carbocycles. The number of nitrogens with one attached hydrogen (secondary N) is 1. The van der Waals surface area contributed by atoms with Crippen molar-refractivity contribution >= 4 is 11.9 Å². The Morgan fingerprint density at radius 1 is 1.45 bits per heavy atom. The zero-order valence-electron chi connectivity index (χ0n) is 13.0. The van der Waals surface area contributed by atoms with Gasteiger partial charge in [0.15, 0.2) is 11.4 Å². The fourth-order valence-electron chi connectivity index (χ4n) is 2.04. The molecule has 1 rings (SSSR count). The van der Waals surface area contributed by atoms with Gasteiger partial charge in [0, 0.05) is 12.7 Å². The molecule has 0 aliphatic heterocycles. The van der Waals surface area contributed by atoms with Crippen LogP contribution in [0.4, 0.5) is 0 Å². The third kappa shape index (κ3) is 4.07. The first-order valence-electron chi connectivity index (χ1n) is 7.21. The molecule has 2 N–H and O–H groups in total. The first-order valence-corrected chi connectivity index (χ1v) is 7.21. The summed E-state index contributed by atoms with van der Waals surface area (Å²) in [7, 11) is 0. The van der Waals surface area contributed by atoms with Crippen molar-refractivity contribution in [2.24, 2.45) is 5.41 Å². The average molecular weight is 306 g/mol. The minimum atomic E-state index is -0.966. The van der Waals surface area contributed by atoms with Crippen molar-refractivity contribution in [3.8, 4) is 5.75 Å². The highest BCUT2D eigenvalue weighted by Gasteiger charge is 2.35. The van der Waals surface area contributed by atoms with Crippen LogP contribution in [0, 0.1) is 5.41 Å². The summed E-state index contributed by atoms with van der Waals surface area (Å²) < 4.78 is 5.38. The molecule has 0 aliphatic carbocycles. The number of aliphatic carboxylic acids is 1. The van der Waals surface area contributed by atoms with Gasteiger partial charge in [-0.1, -0.05) is 26.5 Å². The second-order valence-electron chi connectivity index (χ2n) is 4.93. The molecule has 0 radical (unpaired) electrons. The molecular formula is C16H22N2O4. The van der Waals surface area contributed by atoms with Crippen LogP contribution in [0.25, 0.3) is 0 Å². The van der Waals surface area contributed by atoms with Gasteiger partial charge in [-0.15, -0.1) is 0 Å². The summed E-state index contributed by atoms with van der Waals surface area (Å²) >= 11 is 0. The van der Waals surface area contributed by atoms with Gasteiger partial charge in [-0.25, -0.2) is 4.98 Å². The predicted octanol–water partition coefficient (Wildman–Crippen LogP) is 2.27. The van der Waals surface area contributed by atoms with Crippen LogP contribution in [0.2, 0.25) is 0 Å². The normalized spacial score (nSPS) is 10.8. The van der Waals surface area contributed by atoms with Crippen LogP contribution < -0.4 is 10.1 Å². The molecule has 120 valence electrons. The highest BCUT2D eigenvalue weighted by Crippen LogP contribution is 2.26. The Labute approximate surface area is 130 Å². The second-order valence-corrected chi connectivity index (χ2v) is 4.93. The van der Waals surface area contributed by atoms with E-state index in [1.807, 2.05) is 0 Å². The van der Waals surface area contributed by atoms with Crippen LogP contribution in [0.5, 0.6) is 5.75 Å². The molecule has 1 amide bonds. The molecule has 1 aromatic heterocycles. The second kappa shape index (κ2) is 8.17. The molecule has 0 atom stereocenters. The highest BCUT2D eigenvalue weighted by atomic mass is 16.5. The van der Waals surface area contributed by atoms with E-state index >= 15 is 0 Å². The quantitative estimate of drug-likeness (QED) is 0.683. The van der Waals surface area contributed by atoms with Gasteiger partial charge in [0.25, 0.3) is 5.91 Å². The van der Waals surface area contributed by atoms with E-state index in [9.17, 15) is 14.7 Å². The first kappa shape index (κ1) is 17.7. The average Bonchev–Trinajstić information content (AvgIpc) is 2.54. The van der Waals surface area contributed by atoms with Gasteiger partial charge in [0.1, 0.15) is 6.61 Å². The number of carboxylic acids is 1. The fourth-order valence-corrected chi connectivity index (χ4v) is 2.04. The lowest BCUT2D eigenvalue weighted by Gasteiger charge is -2.26. The molecule has 0 bridgehead atoms. The SMILES string of the molecule is C=CCOc1cccnc1C(=O)NCC(CC)(CC)C(=O)O. The number of aromatic nitrogens is 1. The van der Waals surface area contributed by atoms with Crippen molar-refractivity contribution in [3.05, 3.63) is 36.7 Å². The summed E-state index contributed by atoms with van der Waals surface area (Å²) in [6.45, 7) is 7.44. The summed E-state index contributed by atoms with van der Waals surface area (Å²) in [4.78, 5) is 27.7. The summed E-state index contributed by atoms with van der Waals surface area (Å²) in [6.07, 6.45) is 3.92. The predicted molar refractivity (Wildman–Crippen MR) is 82.9 cm³/mol. The molecular weight excluding hydrogens is 284 g/mol. The van der Waals surface area contributed by atoms with Crippen LogP contribution >= 0.6 is 0 Å². The van der Waals surface area contributed by atoms with Crippen LogP contribution in [-0.4, -0.2) is 35.1 Å². The van der Waals surface area contributed by atoms with Crippen molar-refractivity contribution in [2.75, 3.05) is 13.2 Å². The Balaban J connectivity index is 2.85. The Morgan fingerprint density at radius 3 is 2.68 bits per heavy atom. The minimum absolute atomic E-state index is 0.0473. The molecule has 22 heavy (non-hydrogen) atoms. The third-order valence-corrected chi connectivity index (χ3v) is 3.74.